The molecule has 7 nitrogen and oxygen atoms in total. The van der Waals surface area contributed by atoms with Crippen molar-refractivity contribution < 1.29 is 19.6 Å². The third-order valence-corrected chi connectivity index (χ3v) is 4.70. The van der Waals surface area contributed by atoms with Crippen LogP contribution in [0.4, 0.5) is 5.69 Å². The van der Waals surface area contributed by atoms with Gasteiger partial charge in [-0.05, 0) is 16.7 Å². The number of carboxylic acids is 1. The molecule has 1 N–H and O–H groups in total. The molecule has 0 heterocycles. The number of nitrogens with zero attached hydrogens (tertiary/aromatic N) is 1. The van der Waals surface area contributed by atoms with Gasteiger partial charge >= 0.3 is 0 Å². The Balaban J connectivity index is 1.95. The molecule has 0 bridgehead atoms. The van der Waals surface area contributed by atoms with Crippen molar-refractivity contribution in [2.45, 2.75) is 18.4 Å². The Morgan fingerprint density at radius 2 is 1.37 bits per heavy atom. The van der Waals surface area contributed by atoms with Gasteiger partial charge in [0.25, 0.3) is 5.69 Å². The number of hydrogen-bond acceptors (Lipinski definition) is 5. The fourth-order valence-corrected chi connectivity index (χ4v) is 3.32. The van der Waals surface area contributed by atoms with Crippen molar-refractivity contribution in [3.63, 3.8) is 0 Å². The normalized spacial score (nSPS) is 11.6. The second-order valence-corrected chi connectivity index (χ2v) is 6.74. The van der Waals surface area contributed by atoms with Crippen molar-refractivity contribution in [3.05, 3.63) is 112 Å². The maximum absolute atomic E-state index is 13.3. The zero-order valence-corrected chi connectivity index (χ0v) is 15.9. The van der Waals surface area contributed by atoms with E-state index >= 15 is 0 Å². The molecule has 0 aromatic heterocycles. The number of non-ortho nitro benzene ring substituents is 1. The molecule has 0 saturated heterocycles. The highest BCUT2D eigenvalue weighted by Crippen LogP contribution is 2.27. The van der Waals surface area contributed by atoms with Crippen LogP contribution in [0.15, 0.2) is 84.9 Å². The monoisotopic (exact) mass is 403 g/mol. The van der Waals surface area contributed by atoms with Crippen LogP contribution in [0.2, 0.25) is 0 Å². The zero-order chi connectivity index (χ0) is 21.5. The van der Waals surface area contributed by atoms with Crippen LogP contribution in [0.3, 0.4) is 0 Å². The van der Waals surface area contributed by atoms with Gasteiger partial charge < -0.3 is 15.2 Å². The fraction of sp³-hybridized carbons (Fsp3) is 0.130. The summed E-state index contributed by atoms with van der Waals surface area (Å²) in [6.07, 6.45) is -0.511. The third-order valence-electron chi connectivity index (χ3n) is 4.70. The molecule has 152 valence electrons. The van der Waals surface area contributed by atoms with Crippen LogP contribution in [-0.4, -0.2) is 16.8 Å². The molecule has 1 amide bonds. The van der Waals surface area contributed by atoms with Crippen molar-refractivity contribution >= 4 is 17.6 Å². The zero-order valence-electron chi connectivity index (χ0n) is 15.9. The average molecular weight is 403 g/mol. The highest BCUT2D eigenvalue weighted by Gasteiger charge is 2.26. The van der Waals surface area contributed by atoms with Crippen LogP contribution in [0.25, 0.3) is 0 Å². The van der Waals surface area contributed by atoms with E-state index in [2.05, 4.69) is 5.32 Å². The number of rotatable bonds is 8. The maximum Gasteiger partial charge on any atom is 0.269 e. The lowest BCUT2D eigenvalue weighted by Crippen LogP contribution is -2.37. The smallest absolute Gasteiger partial charge is 0.269 e. The molecular weight excluding hydrogens is 384 g/mol. The summed E-state index contributed by atoms with van der Waals surface area (Å²) in [5.41, 5.74) is 1.62. The van der Waals surface area contributed by atoms with E-state index in [1.165, 1.54) is 18.2 Å². The lowest BCUT2D eigenvalue weighted by atomic mass is 9.90. The Hall–Kier alpha value is -4.00. The average Bonchev–Trinajstić information content (AvgIpc) is 2.75. The van der Waals surface area contributed by atoms with Crippen LogP contribution in [0, 0.1) is 10.1 Å². The van der Waals surface area contributed by atoms with E-state index in [0.29, 0.717) is 5.56 Å². The van der Waals surface area contributed by atoms with Gasteiger partial charge in [-0.15, -0.1) is 0 Å². The molecule has 0 aliphatic carbocycles. The lowest BCUT2D eigenvalue weighted by Gasteiger charge is -2.24. The SMILES string of the molecule is O=C([O-])CC(NC(=O)C(c1ccccc1)c1ccccc1)c1cccc([N+](=O)[O-])c1. The van der Waals surface area contributed by atoms with Crippen LogP contribution in [0.5, 0.6) is 0 Å². The van der Waals surface area contributed by atoms with Gasteiger partial charge in [0.2, 0.25) is 5.91 Å². The maximum atomic E-state index is 13.3. The van der Waals surface area contributed by atoms with E-state index in [-0.39, 0.29) is 5.69 Å². The molecule has 1 atom stereocenters. The summed E-state index contributed by atoms with van der Waals surface area (Å²) < 4.78 is 0. The van der Waals surface area contributed by atoms with E-state index in [1.807, 2.05) is 60.7 Å². The van der Waals surface area contributed by atoms with Gasteiger partial charge in [-0.3, -0.25) is 14.9 Å². The molecule has 3 rings (SSSR count). The van der Waals surface area contributed by atoms with E-state index in [0.717, 1.165) is 11.1 Å². The second-order valence-electron chi connectivity index (χ2n) is 6.74. The van der Waals surface area contributed by atoms with Gasteiger partial charge in [0.05, 0.1) is 16.9 Å². The predicted octanol–water partition coefficient (Wildman–Crippen LogP) is 2.72. The standard InChI is InChI=1S/C23H20N2O5/c26-21(27)15-20(18-12-7-13-19(14-18)25(29)30)24-23(28)22(16-8-3-1-4-9-16)17-10-5-2-6-11-17/h1-14,20,22H,15H2,(H,24,28)(H,26,27)/p-1. The molecule has 30 heavy (non-hydrogen) atoms. The minimum atomic E-state index is -1.37. The Morgan fingerprint density at radius 1 is 0.833 bits per heavy atom. The number of nitrogens with one attached hydrogen (secondary N) is 1. The van der Waals surface area contributed by atoms with Gasteiger partial charge in [-0.25, -0.2) is 0 Å². The molecule has 1 unspecified atom stereocenters. The predicted molar refractivity (Wildman–Crippen MR) is 108 cm³/mol. The summed E-state index contributed by atoms with van der Waals surface area (Å²) in [7, 11) is 0. The Kier molecular flexibility index (Phi) is 6.54. The first-order chi connectivity index (χ1) is 14.5. The molecule has 0 fully saturated rings. The number of carboxylic acid groups (broad SMARTS) is 1. The van der Waals surface area contributed by atoms with E-state index in [4.69, 9.17) is 0 Å². The largest absolute Gasteiger partial charge is 0.550 e. The summed E-state index contributed by atoms with van der Waals surface area (Å²) in [5, 5.41) is 25.1. The molecular formula is C23H19N2O5-. The number of amides is 1. The molecule has 3 aromatic rings. The van der Waals surface area contributed by atoms with Crippen molar-refractivity contribution in [2.24, 2.45) is 0 Å². The highest BCUT2D eigenvalue weighted by atomic mass is 16.6. The highest BCUT2D eigenvalue weighted by molar-refractivity contribution is 5.87. The molecule has 7 heteroatoms. The minimum absolute atomic E-state index is 0.187. The van der Waals surface area contributed by atoms with Gasteiger partial charge in [0.1, 0.15) is 0 Å². The van der Waals surface area contributed by atoms with Crippen LogP contribution < -0.4 is 10.4 Å². The first-order valence-electron chi connectivity index (χ1n) is 9.30. The number of carbonyl (C=O) groups excluding carboxylic acids is 2. The fourth-order valence-electron chi connectivity index (χ4n) is 3.32. The summed E-state index contributed by atoms with van der Waals surface area (Å²) in [5.74, 6) is -2.46. The summed E-state index contributed by atoms with van der Waals surface area (Å²) in [6, 6.07) is 22.8. The molecule has 3 aromatic carbocycles. The Bertz CT molecular complexity index is 998. The lowest BCUT2D eigenvalue weighted by molar-refractivity contribution is -0.385. The number of nitro groups is 1. The molecule has 0 radical (unpaired) electrons. The van der Waals surface area contributed by atoms with Crippen LogP contribution in [0.1, 0.15) is 35.1 Å². The Morgan fingerprint density at radius 3 is 1.87 bits per heavy atom. The van der Waals surface area contributed by atoms with Crippen molar-refractivity contribution in [3.8, 4) is 0 Å². The number of carbonyl (C=O) groups is 2. The number of benzene rings is 3. The van der Waals surface area contributed by atoms with E-state index in [9.17, 15) is 24.8 Å². The molecule has 0 spiro atoms. The first kappa shape index (κ1) is 20.7. The molecule has 0 saturated carbocycles. The van der Waals surface area contributed by atoms with E-state index in [1.54, 1.807) is 6.07 Å². The summed E-state index contributed by atoms with van der Waals surface area (Å²) in [6.45, 7) is 0. The van der Waals surface area contributed by atoms with Crippen LogP contribution in [-0.2, 0) is 9.59 Å². The van der Waals surface area contributed by atoms with Crippen molar-refractivity contribution in [1.82, 2.24) is 5.32 Å². The number of hydrogen-bond donors (Lipinski definition) is 1. The van der Waals surface area contributed by atoms with Crippen molar-refractivity contribution in [1.29, 1.82) is 0 Å². The van der Waals surface area contributed by atoms with Crippen molar-refractivity contribution in [2.75, 3.05) is 0 Å². The van der Waals surface area contributed by atoms with E-state index < -0.39 is 35.2 Å². The quantitative estimate of drug-likeness (QED) is 0.459. The first-order valence-corrected chi connectivity index (χ1v) is 9.30. The summed E-state index contributed by atoms with van der Waals surface area (Å²) in [4.78, 5) is 35.1. The van der Waals surface area contributed by atoms with Gasteiger partial charge in [0, 0.05) is 24.5 Å². The topological polar surface area (TPSA) is 112 Å². The number of aliphatic carboxylic acids is 1. The van der Waals surface area contributed by atoms with Gasteiger partial charge in [-0.1, -0.05) is 72.8 Å². The second kappa shape index (κ2) is 9.47. The molecule has 0 aliphatic rings. The minimum Gasteiger partial charge on any atom is -0.550 e. The Labute approximate surface area is 173 Å². The third kappa shape index (κ3) is 5.08. The van der Waals surface area contributed by atoms with Gasteiger partial charge in [0.15, 0.2) is 0 Å². The molecule has 0 aliphatic heterocycles. The van der Waals surface area contributed by atoms with Gasteiger partial charge in [-0.2, -0.15) is 0 Å². The summed E-state index contributed by atoms with van der Waals surface area (Å²) >= 11 is 0. The number of nitro benzene ring substituents is 1. The van der Waals surface area contributed by atoms with Crippen LogP contribution >= 0.6 is 0 Å².